The number of fused-ring (bicyclic) bond motifs is 1. The Bertz CT molecular complexity index is 1180. The third-order valence-corrected chi connectivity index (χ3v) is 4.83. The van der Waals surface area contributed by atoms with E-state index in [0.29, 0.717) is 11.3 Å². The van der Waals surface area contributed by atoms with Crippen LogP contribution in [0.25, 0.3) is 28.0 Å². The van der Waals surface area contributed by atoms with Crippen LogP contribution in [-0.2, 0) is 6.18 Å². The normalized spacial score (nSPS) is 11.9. The van der Waals surface area contributed by atoms with Crippen molar-refractivity contribution in [1.29, 1.82) is 0 Å². The number of hydrogen-bond donors (Lipinski definition) is 0. The van der Waals surface area contributed by atoms with Crippen LogP contribution in [0.3, 0.4) is 0 Å². The first-order chi connectivity index (χ1) is 13.3. The molecule has 7 heteroatoms. The van der Waals surface area contributed by atoms with E-state index in [4.69, 9.17) is 0 Å². The summed E-state index contributed by atoms with van der Waals surface area (Å²) in [5.74, 6) is 0. The third-order valence-electron chi connectivity index (χ3n) is 4.83. The Balaban J connectivity index is 2.07. The Hall–Kier alpha value is -3.22. The fraction of sp³-hybridized carbons (Fsp3) is 0.190. The van der Waals surface area contributed by atoms with Gasteiger partial charge in [0.25, 0.3) is 0 Å². The van der Waals surface area contributed by atoms with Gasteiger partial charge in [0.15, 0.2) is 5.65 Å². The molecule has 4 rings (SSSR count). The highest BCUT2D eigenvalue weighted by Gasteiger charge is 2.35. The number of benzene rings is 1. The number of rotatable bonds is 2. The summed E-state index contributed by atoms with van der Waals surface area (Å²) >= 11 is 0. The molecule has 4 nitrogen and oxygen atoms in total. The molecule has 0 fully saturated rings. The number of alkyl halides is 3. The summed E-state index contributed by atoms with van der Waals surface area (Å²) < 4.78 is 43.0. The minimum Gasteiger partial charge on any atom is -0.265 e. The summed E-state index contributed by atoms with van der Waals surface area (Å²) in [6.45, 7) is 5.50. The predicted molar refractivity (Wildman–Crippen MR) is 101 cm³/mol. The van der Waals surface area contributed by atoms with E-state index in [0.717, 1.165) is 17.2 Å². The van der Waals surface area contributed by atoms with Crippen molar-refractivity contribution in [1.82, 2.24) is 19.7 Å². The molecule has 4 aromatic rings. The fourth-order valence-corrected chi connectivity index (χ4v) is 3.22. The minimum absolute atomic E-state index is 0.0172. The molecule has 0 aliphatic carbocycles. The van der Waals surface area contributed by atoms with Gasteiger partial charge in [-0.2, -0.15) is 18.3 Å². The van der Waals surface area contributed by atoms with Crippen molar-refractivity contribution in [3.63, 3.8) is 0 Å². The summed E-state index contributed by atoms with van der Waals surface area (Å²) in [5, 5.41) is 4.40. The smallest absolute Gasteiger partial charge is 0.265 e. The van der Waals surface area contributed by atoms with Gasteiger partial charge in [-0.1, -0.05) is 6.07 Å². The van der Waals surface area contributed by atoms with Crippen LogP contribution in [0, 0.1) is 20.8 Å². The number of hydrogen-bond acceptors (Lipinski definition) is 3. The van der Waals surface area contributed by atoms with Crippen LogP contribution in [0.15, 0.2) is 48.8 Å². The van der Waals surface area contributed by atoms with Crippen LogP contribution in [0.2, 0.25) is 0 Å². The van der Waals surface area contributed by atoms with Crippen molar-refractivity contribution in [2.45, 2.75) is 26.9 Å². The molecule has 0 aliphatic heterocycles. The van der Waals surface area contributed by atoms with Gasteiger partial charge in [-0.25, -0.2) is 9.67 Å². The molecule has 0 spiro atoms. The summed E-state index contributed by atoms with van der Waals surface area (Å²) in [4.78, 5) is 8.47. The highest BCUT2D eigenvalue weighted by Crippen LogP contribution is 2.38. The topological polar surface area (TPSA) is 43.6 Å². The van der Waals surface area contributed by atoms with Gasteiger partial charge < -0.3 is 0 Å². The van der Waals surface area contributed by atoms with Gasteiger partial charge in [0.2, 0.25) is 0 Å². The van der Waals surface area contributed by atoms with E-state index in [1.807, 2.05) is 32.0 Å². The molecular formula is C21H17F3N4. The number of nitrogens with zero attached hydrogens (tertiary/aromatic N) is 4. The molecule has 0 saturated heterocycles. The highest BCUT2D eigenvalue weighted by atomic mass is 19.4. The van der Waals surface area contributed by atoms with Gasteiger partial charge >= 0.3 is 6.18 Å². The van der Waals surface area contributed by atoms with Crippen LogP contribution < -0.4 is 0 Å². The zero-order chi connectivity index (χ0) is 20.1. The van der Waals surface area contributed by atoms with E-state index in [2.05, 4.69) is 15.1 Å². The molecule has 0 N–H and O–H groups in total. The molecule has 3 aromatic heterocycles. The molecule has 0 atom stereocenters. The number of aryl methyl sites for hydroxylation is 3. The minimum atomic E-state index is -4.52. The van der Waals surface area contributed by atoms with Crippen LogP contribution in [-0.4, -0.2) is 19.7 Å². The summed E-state index contributed by atoms with van der Waals surface area (Å²) in [6, 6.07) is 10.0. The lowest BCUT2D eigenvalue weighted by Gasteiger charge is -2.12. The molecule has 0 aliphatic rings. The van der Waals surface area contributed by atoms with Crippen molar-refractivity contribution in [3.8, 4) is 16.9 Å². The SMILES string of the molecule is Cc1ccc(-n2nc(C)c3c(C(F)(F)F)cc(-c4ccncc4)nc32)cc1C. The van der Waals surface area contributed by atoms with E-state index < -0.39 is 11.7 Å². The predicted octanol–water partition coefficient (Wildman–Crippen LogP) is 5.43. The molecule has 1 aromatic carbocycles. The summed E-state index contributed by atoms with van der Waals surface area (Å²) in [7, 11) is 0. The van der Waals surface area contributed by atoms with E-state index >= 15 is 0 Å². The van der Waals surface area contributed by atoms with E-state index in [1.165, 1.54) is 17.1 Å². The Morgan fingerprint density at radius 1 is 0.893 bits per heavy atom. The second kappa shape index (κ2) is 6.44. The quantitative estimate of drug-likeness (QED) is 0.465. The first-order valence-electron chi connectivity index (χ1n) is 8.71. The Labute approximate surface area is 159 Å². The summed E-state index contributed by atoms with van der Waals surface area (Å²) in [6.07, 6.45) is -1.47. The largest absolute Gasteiger partial charge is 0.417 e. The number of halogens is 3. The molecule has 0 saturated carbocycles. The van der Waals surface area contributed by atoms with Crippen molar-refractivity contribution in [3.05, 3.63) is 71.2 Å². The average Bonchev–Trinajstić information content (AvgIpc) is 3.00. The zero-order valence-corrected chi connectivity index (χ0v) is 15.5. The molecule has 28 heavy (non-hydrogen) atoms. The lowest BCUT2D eigenvalue weighted by Crippen LogP contribution is -2.08. The zero-order valence-electron chi connectivity index (χ0n) is 15.5. The van der Waals surface area contributed by atoms with Gasteiger partial charge in [-0.15, -0.1) is 0 Å². The Kier molecular flexibility index (Phi) is 4.18. The second-order valence-electron chi connectivity index (χ2n) is 6.75. The standard InChI is InChI=1S/C21H17F3N4/c1-12-4-5-16(10-13(12)2)28-20-19(14(3)27-28)17(21(22,23)24)11-18(26-20)15-6-8-25-9-7-15/h4-11H,1-3H3. The molecule has 3 heterocycles. The third kappa shape index (κ3) is 3.02. The Morgan fingerprint density at radius 3 is 2.25 bits per heavy atom. The molecule has 0 bridgehead atoms. The molecule has 0 radical (unpaired) electrons. The van der Waals surface area contributed by atoms with Gasteiger partial charge in [0, 0.05) is 18.0 Å². The lowest BCUT2D eigenvalue weighted by molar-refractivity contribution is -0.136. The summed E-state index contributed by atoms with van der Waals surface area (Å²) in [5.41, 5.74) is 3.32. The van der Waals surface area contributed by atoms with Crippen LogP contribution in [0.1, 0.15) is 22.4 Å². The van der Waals surface area contributed by atoms with Crippen molar-refractivity contribution < 1.29 is 13.2 Å². The van der Waals surface area contributed by atoms with Gasteiger partial charge in [-0.3, -0.25) is 4.98 Å². The maximum absolute atomic E-state index is 13.8. The van der Waals surface area contributed by atoms with Crippen molar-refractivity contribution in [2.75, 3.05) is 0 Å². The molecule has 0 unspecified atom stereocenters. The van der Waals surface area contributed by atoms with E-state index in [1.54, 1.807) is 19.1 Å². The first kappa shape index (κ1) is 18.2. The van der Waals surface area contributed by atoms with Gasteiger partial charge in [0.1, 0.15) is 0 Å². The van der Waals surface area contributed by atoms with Crippen LogP contribution in [0.5, 0.6) is 0 Å². The van der Waals surface area contributed by atoms with Gasteiger partial charge in [0.05, 0.1) is 28.0 Å². The maximum atomic E-state index is 13.8. The fourth-order valence-electron chi connectivity index (χ4n) is 3.22. The highest BCUT2D eigenvalue weighted by molar-refractivity contribution is 5.87. The van der Waals surface area contributed by atoms with E-state index in [9.17, 15) is 13.2 Å². The monoisotopic (exact) mass is 382 g/mol. The molecule has 0 amide bonds. The van der Waals surface area contributed by atoms with Crippen LogP contribution >= 0.6 is 0 Å². The van der Waals surface area contributed by atoms with Crippen LogP contribution in [0.4, 0.5) is 13.2 Å². The second-order valence-corrected chi connectivity index (χ2v) is 6.75. The molecular weight excluding hydrogens is 365 g/mol. The molecule has 142 valence electrons. The van der Waals surface area contributed by atoms with Gasteiger partial charge in [-0.05, 0) is 62.2 Å². The van der Waals surface area contributed by atoms with Crippen molar-refractivity contribution >= 4 is 11.0 Å². The lowest BCUT2D eigenvalue weighted by atomic mass is 10.1. The average molecular weight is 382 g/mol. The van der Waals surface area contributed by atoms with E-state index in [-0.39, 0.29) is 22.4 Å². The maximum Gasteiger partial charge on any atom is 0.417 e. The first-order valence-corrected chi connectivity index (χ1v) is 8.71. The van der Waals surface area contributed by atoms with Crippen molar-refractivity contribution in [2.24, 2.45) is 0 Å². The number of aromatic nitrogens is 4. The Morgan fingerprint density at radius 2 is 1.61 bits per heavy atom. The number of pyridine rings is 2.